The minimum Gasteiger partial charge on any atom is -0.387 e. The number of carbonyl (C=O) groups excluding carboxylic acids is 1. The number of rotatable bonds is 5. The number of aliphatic hydroxyl groups is 1. The molecular formula is C14H29N3O4S. The van der Waals surface area contributed by atoms with Crippen LogP contribution in [-0.4, -0.2) is 80.9 Å². The van der Waals surface area contributed by atoms with E-state index in [-0.39, 0.29) is 12.5 Å². The van der Waals surface area contributed by atoms with Crippen molar-refractivity contribution in [2.45, 2.75) is 38.8 Å². The molecule has 2 unspecified atom stereocenters. The number of likely N-dealkylation sites (tertiary alicyclic amines) is 1. The first-order valence-electron chi connectivity index (χ1n) is 7.37. The molecule has 1 aliphatic rings. The monoisotopic (exact) mass is 335 g/mol. The van der Waals surface area contributed by atoms with E-state index >= 15 is 0 Å². The van der Waals surface area contributed by atoms with Crippen molar-refractivity contribution in [3.05, 3.63) is 0 Å². The van der Waals surface area contributed by atoms with E-state index in [0.29, 0.717) is 19.5 Å². The van der Waals surface area contributed by atoms with Crippen LogP contribution in [0.2, 0.25) is 0 Å². The van der Waals surface area contributed by atoms with Gasteiger partial charge in [-0.25, -0.2) is 13.1 Å². The Kier molecular flexibility index (Phi) is 5.65. The maximum absolute atomic E-state index is 12.7. The highest BCUT2D eigenvalue weighted by Gasteiger charge is 2.43. The van der Waals surface area contributed by atoms with Crippen LogP contribution in [0.1, 0.15) is 27.2 Å². The zero-order valence-electron chi connectivity index (χ0n) is 14.4. The second kappa shape index (κ2) is 6.43. The van der Waals surface area contributed by atoms with Crippen molar-refractivity contribution >= 4 is 15.9 Å². The second-order valence-electron chi connectivity index (χ2n) is 7.66. The molecule has 8 heteroatoms. The van der Waals surface area contributed by atoms with Crippen LogP contribution in [0, 0.1) is 5.41 Å². The maximum Gasteiger partial charge on any atom is 0.241 e. The SMILES string of the molecule is CN(C)CC1(O)CCN(C(=O)C(NS(C)(=O)=O)C(C)(C)C)C1. The Hall–Kier alpha value is -0.700. The van der Waals surface area contributed by atoms with E-state index in [2.05, 4.69) is 4.72 Å². The number of carbonyl (C=O) groups is 1. The highest BCUT2D eigenvalue weighted by atomic mass is 32.2. The van der Waals surface area contributed by atoms with Crippen LogP contribution in [0.15, 0.2) is 0 Å². The Balaban J connectivity index is 2.89. The number of likely N-dealkylation sites (N-methyl/N-ethyl adjacent to an activating group) is 1. The zero-order valence-corrected chi connectivity index (χ0v) is 15.2. The second-order valence-corrected chi connectivity index (χ2v) is 9.44. The van der Waals surface area contributed by atoms with Crippen LogP contribution in [0.4, 0.5) is 0 Å². The third-order valence-corrected chi connectivity index (χ3v) is 4.36. The summed E-state index contributed by atoms with van der Waals surface area (Å²) in [5.41, 5.74) is -1.49. The number of nitrogens with one attached hydrogen (secondary N) is 1. The number of hydrogen-bond acceptors (Lipinski definition) is 5. The maximum atomic E-state index is 12.7. The van der Waals surface area contributed by atoms with Crippen molar-refractivity contribution < 1.29 is 18.3 Å². The van der Waals surface area contributed by atoms with Crippen molar-refractivity contribution in [2.75, 3.05) is 40.0 Å². The molecule has 1 heterocycles. The summed E-state index contributed by atoms with van der Waals surface area (Å²) < 4.78 is 25.5. The lowest BCUT2D eigenvalue weighted by Gasteiger charge is -2.33. The van der Waals surface area contributed by atoms with Crippen LogP contribution in [0.3, 0.4) is 0 Å². The normalized spacial score (nSPS) is 24.8. The summed E-state index contributed by atoms with van der Waals surface area (Å²) in [5.74, 6) is -0.285. The molecule has 130 valence electrons. The first kappa shape index (κ1) is 19.3. The van der Waals surface area contributed by atoms with Crippen molar-refractivity contribution in [3.63, 3.8) is 0 Å². The Labute approximate surface area is 133 Å². The average molecular weight is 335 g/mol. The predicted octanol–water partition coefficient (Wildman–Crippen LogP) is -0.525. The van der Waals surface area contributed by atoms with Crippen LogP contribution < -0.4 is 4.72 Å². The molecule has 22 heavy (non-hydrogen) atoms. The number of nitrogens with zero attached hydrogens (tertiary/aromatic N) is 2. The first-order chi connectivity index (χ1) is 9.73. The fourth-order valence-corrected chi connectivity index (χ4v) is 3.64. The van der Waals surface area contributed by atoms with Crippen molar-refractivity contribution in [1.29, 1.82) is 0 Å². The molecule has 0 bridgehead atoms. The third kappa shape index (κ3) is 5.49. The molecule has 1 rings (SSSR count). The standard InChI is InChI=1S/C14H29N3O4S/c1-13(2,3)11(15-22(6,20)21)12(18)17-8-7-14(19,10-17)9-16(4)5/h11,15,19H,7-10H2,1-6H3. The molecule has 1 fully saturated rings. The number of β-amino-alcohol motifs (C(OH)–C–C–N with tert-alkyl or cyclic N) is 1. The summed E-state index contributed by atoms with van der Waals surface area (Å²) in [7, 11) is 0.236. The van der Waals surface area contributed by atoms with E-state index in [1.807, 2.05) is 39.8 Å². The Morgan fingerprint density at radius 3 is 2.36 bits per heavy atom. The molecule has 0 saturated carbocycles. The van der Waals surface area contributed by atoms with Gasteiger partial charge < -0.3 is 14.9 Å². The molecule has 0 radical (unpaired) electrons. The molecule has 2 N–H and O–H groups in total. The lowest BCUT2D eigenvalue weighted by atomic mass is 9.86. The molecule has 1 saturated heterocycles. The minimum absolute atomic E-state index is 0.224. The average Bonchev–Trinajstić information content (AvgIpc) is 2.63. The van der Waals surface area contributed by atoms with E-state index < -0.39 is 27.1 Å². The topological polar surface area (TPSA) is 89.9 Å². The van der Waals surface area contributed by atoms with Gasteiger partial charge in [0, 0.05) is 13.1 Å². The molecule has 2 atom stereocenters. The fraction of sp³-hybridized carbons (Fsp3) is 0.929. The van der Waals surface area contributed by atoms with E-state index in [1.54, 1.807) is 4.90 Å². The lowest BCUT2D eigenvalue weighted by molar-refractivity contribution is -0.135. The van der Waals surface area contributed by atoms with Gasteiger partial charge >= 0.3 is 0 Å². The first-order valence-corrected chi connectivity index (χ1v) is 9.26. The van der Waals surface area contributed by atoms with Gasteiger partial charge in [-0.05, 0) is 25.9 Å². The van der Waals surface area contributed by atoms with Crippen molar-refractivity contribution in [3.8, 4) is 0 Å². The Morgan fingerprint density at radius 2 is 1.95 bits per heavy atom. The molecule has 0 spiro atoms. The third-order valence-electron chi connectivity index (χ3n) is 3.70. The van der Waals surface area contributed by atoms with E-state index in [0.717, 1.165) is 6.26 Å². The molecule has 1 amide bonds. The van der Waals surface area contributed by atoms with Gasteiger partial charge in [0.2, 0.25) is 15.9 Å². The smallest absolute Gasteiger partial charge is 0.241 e. The molecule has 0 aromatic heterocycles. The zero-order chi connectivity index (χ0) is 17.3. The van der Waals surface area contributed by atoms with Gasteiger partial charge in [0.1, 0.15) is 6.04 Å². The molecule has 0 aromatic rings. The molecular weight excluding hydrogens is 306 g/mol. The minimum atomic E-state index is -3.50. The highest BCUT2D eigenvalue weighted by Crippen LogP contribution is 2.27. The largest absolute Gasteiger partial charge is 0.387 e. The van der Waals surface area contributed by atoms with Crippen LogP contribution in [0.5, 0.6) is 0 Å². The van der Waals surface area contributed by atoms with Crippen molar-refractivity contribution in [2.24, 2.45) is 5.41 Å². The van der Waals surface area contributed by atoms with Gasteiger partial charge in [0.25, 0.3) is 0 Å². The van der Waals surface area contributed by atoms with Crippen LogP contribution >= 0.6 is 0 Å². The fourth-order valence-electron chi connectivity index (χ4n) is 2.76. The quantitative estimate of drug-likeness (QED) is 0.705. The lowest BCUT2D eigenvalue weighted by Crippen LogP contribution is -2.55. The summed E-state index contributed by atoms with van der Waals surface area (Å²) >= 11 is 0. The summed E-state index contributed by atoms with van der Waals surface area (Å²) in [6, 6.07) is -0.843. The summed E-state index contributed by atoms with van der Waals surface area (Å²) in [6.07, 6.45) is 1.54. The van der Waals surface area contributed by atoms with Gasteiger partial charge in [0.15, 0.2) is 0 Å². The van der Waals surface area contributed by atoms with E-state index in [1.165, 1.54) is 0 Å². The number of sulfonamides is 1. The van der Waals surface area contributed by atoms with Crippen molar-refractivity contribution in [1.82, 2.24) is 14.5 Å². The van der Waals surface area contributed by atoms with Gasteiger partial charge in [-0.15, -0.1) is 0 Å². The van der Waals surface area contributed by atoms with E-state index in [4.69, 9.17) is 0 Å². The summed E-state index contributed by atoms with van der Waals surface area (Å²) in [6.45, 7) is 6.57. The van der Waals surface area contributed by atoms with E-state index in [9.17, 15) is 18.3 Å². The Morgan fingerprint density at radius 1 is 1.41 bits per heavy atom. The molecule has 0 aromatic carbocycles. The summed E-state index contributed by atoms with van der Waals surface area (Å²) in [4.78, 5) is 16.1. The molecule has 7 nitrogen and oxygen atoms in total. The number of hydrogen-bond donors (Lipinski definition) is 2. The number of amides is 1. The van der Waals surface area contributed by atoms with Crippen LogP contribution in [0.25, 0.3) is 0 Å². The van der Waals surface area contributed by atoms with Gasteiger partial charge in [-0.1, -0.05) is 20.8 Å². The highest BCUT2D eigenvalue weighted by molar-refractivity contribution is 7.88. The van der Waals surface area contributed by atoms with Gasteiger partial charge in [-0.3, -0.25) is 4.79 Å². The summed E-state index contributed by atoms with van der Waals surface area (Å²) in [5, 5.41) is 10.5. The predicted molar refractivity (Wildman–Crippen MR) is 85.9 cm³/mol. The van der Waals surface area contributed by atoms with Crippen LogP contribution in [-0.2, 0) is 14.8 Å². The Bertz CT molecular complexity index is 513. The van der Waals surface area contributed by atoms with Gasteiger partial charge in [-0.2, -0.15) is 0 Å². The molecule has 1 aliphatic heterocycles. The molecule has 0 aliphatic carbocycles. The van der Waals surface area contributed by atoms with Gasteiger partial charge in [0.05, 0.1) is 18.4 Å².